The fourth-order valence-corrected chi connectivity index (χ4v) is 2.38. The van der Waals surface area contributed by atoms with Gasteiger partial charge in [0.1, 0.15) is 0 Å². The number of benzene rings is 1. The molecule has 0 radical (unpaired) electrons. The maximum absolute atomic E-state index is 11.7. The number of aliphatic hydroxyl groups excluding tert-OH is 1. The second-order valence-corrected chi connectivity index (χ2v) is 5.06. The lowest BCUT2D eigenvalue weighted by atomic mass is 10.2. The molecule has 0 aliphatic carbocycles. The minimum Gasteiger partial charge on any atom is -0.387 e. The van der Waals surface area contributed by atoms with Gasteiger partial charge in [0, 0.05) is 12.2 Å². The Morgan fingerprint density at radius 1 is 1.42 bits per heavy atom. The normalized spacial score (nSPS) is 11.9. The van der Waals surface area contributed by atoms with Crippen molar-refractivity contribution in [3.05, 3.63) is 52.2 Å². The van der Waals surface area contributed by atoms with E-state index in [4.69, 9.17) is 0 Å². The molecule has 0 aliphatic heterocycles. The van der Waals surface area contributed by atoms with Crippen molar-refractivity contribution in [2.45, 2.75) is 13.0 Å². The predicted molar refractivity (Wildman–Crippen MR) is 77.5 cm³/mol. The van der Waals surface area contributed by atoms with Crippen molar-refractivity contribution < 1.29 is 9.90 Å². The number of rotatable bonds is 4. The van der Waals surface area contributed by atoms with E-state index in [1.807, 2.05) is 48.0 Å². The average Bonchev–Trinajstić information content (AvgIpc) is 2.90. The Bertz CT molecular complexity index is 540. The van der Waals surface area contributed by atoms with Gasteiger partial charge in [-0.1, -0.05) is 12.1 Å². The van der Waals surface area contributed by atoms with Crippen LogP contribution in [-0.4, -0.2) is 17.7 Å². The van der Waals surface area contributed by atoms with Gasteiger partial charge in [0.2, 0.25) is 0 Å². The zero-order chi connectivity index (χ0) is 13.7. The SMILES string of the molecule is Cc1cccc(NC(=O)NCC(O)c2ccsc2)c1. The van der Waals surface area contributed by atoms with Crippen molar-refractivity contribution in [2.75, 3.05) is 11.9 Å². The van der Waals surface area contributed by atoms with E-state index in [0.29, 0.717) is 0 Å². The van der Waals surface area contributed by atoms with Crippen LogP contribution in [0.1, 0.15) is 17.2 Å². The quantitative estimate of drug-likeness (QED) is 0.804. The molecule has 5 heteroatoms. The van der Waals surface area contributed by atoms with Gasteiger partial charge in [0.15, 0.2) is 0 Å². The molecule has 1 unspecified atom stereocenters. The van der Waals surface area contributed by atoms with Crippen molar-refractivity contribution in [1.29, 1.82) is 0 Å². The molecule has 0 saturated heterocycles. The summed E-state index contributed by atoms with van der Waals surface area (Å²) in [5.74, 6) is 0. The van der Waals surface area contributed by atoms with Crippen molar-refractivity contribution in [3.63, 3.8) is 0 Å². The lowest BCUT2D eigenvalue weighted by molar-refractivity contribution is 0.175. The molecule has 0 spiro atoms. The van der Waals surface area contributed by atoms with Gasteiger partial charge >= 0.3 is 6.03 Å². The molecule has 2 rings (SSSR count). The maximum atomic E-state index is 11.7. The first-order chi connectivity index (χ1) is 9.15. The lowest BCUT2D eigenvalue weighted by Crippen LogP contribution is -2.32. The summed E-state index contributed by atoms with van der Waals surface area (Å²) in [7, 11) is 0. The van der Waals surface area contributed by atoms with E-state index in [1.54, 1.807) is 0 Å². The molecule has 0 saturated carbocycles. The monoisotopic (exact) mass is 276 g/mol. The molecular weight excluding hydrogens is 260 g/mol. The van der Waals surface area contributed by atoms with E-state index >= 15 is 0 Å². The van der Waals surface area contributed by atoms with Gasteiger partial charge in [0.05, 0.1) is 6.10 Å². The van der Waals surface area contributed by atoms with E-state index < -0.39 is 6.10 Å². The maximum Gasteiger partial charge on any atom is 0.319 e. The number of anilines is 1. The summed E-state index contributed by atoms with van der Waals surface area (Å²) in [5.41, 5.74) is 2.64. The van der Waals surface area contributed by atoms with E-state index in [1.165, 1.54) is 11.3 Å². The van der Waals surface area contributed by atoms with Crippen LogP contribution < -0.4 is 10.6 Å². The van der Waals surface area contributed by atoms with Gasteiger partial charge in [0.25, 0.3) is 0 Å². The van der Waals surface area contributed by atoms with Crippen molar-refractivity contribution in [1.82, 2.24) is 5.32 Å². The number of aliphatic hydroxyl groups is 1. The van der Waals surface area contributed by atoms with Crippen LogP contribution in [0.15, 0.2) is 41.1 Å². The van der Waals surface area contributed by atoms with Crippen LogP contribution in [0.5, 0.6) is 0 Å². The molecule has 1 aromatic heterocycles. The number of thiophene rings is 1. The van der Waals surface area contributed by atoms with Crippen LogP contribution in [0.3, 0.4) is 0 Å². The molecule has 0 bridgehead atoms. The van der Waals surface area contributed by atoms with Crippen LogP contribution >= 0.6 is 11.3 Å². The standard InChI is InChI=1S/C14H16N2O2S/c1-10-3-2-4-12(7-10)16-14(18)15-8-13(17)11-5-6-19-9-11/h2-7,9,13,17H,8H2,1H3,(H2,15,16,18). The molecule has 0 fully saturated rings. The number of hydrogen-bond donors (Lipinski definition) is 3. The van der Waals surface area contributed by atoms with E-state index in [9.17, 15) is 9.90 Å². The van der Waals surface area contributed by atoms with Gasteiger partial charge in [-0.15, -0.1) is 0 Å². The Morgan fingerprint density at radius 2 is 2.26 bits per heavy atom. The number of carbonyl (C=O) groups is 1. The second kappa shape index (κ2) is 6.36. The smallest absolute Gasteiger partial charge is 0.319 e. The average molecular weight is 276 g/mol. The summed E-state index contributed by atoms with van der Waals surface area (Å²) in [6, 6.07) is 9.07. The van der Waals surface area contributed by atoms with Gasteiger partial charge < -0.3 is 15.7 Å². The summed E-state index contributed by atoms with van der Waals surface area (Å²) in [4.78, 5) is 11.7. The second-order valence-electron chi connectivity index (χ2n) is 4.28. The first-order valence-electron chi connectivity index (χ1n) is 5.97. The molecule has 1 heterocycles. The summed E-state index contributed by atoms with van der Waals surface area (Å²) in [6.07, 6.45) is -0.672. The molecule has 0 aliphatic rings. The lowest BCUT2D eigenvalue weighted by Gasteiger charge is -2.11. The minimum atomic E-state index is -0.672. The highest BCUT2D eigenvalue weighted by atomic mass is 32.1. The minimum absolute atomic E-state index is 0.189. The highest BCUT2D eigenvalue weighted by molar-refractivity contribution is 7.07. The third-order valence-electron chi connectivity index (χ3n) is 2.66. The highest BCUT2D eigenvalue weighted by Gasteiger charge is 2.09. The van der Waals surface area contributed by atoms with Crippen LogP contribution in [0.25, 0.3) is 0 Å². The number of aryl methyl sites for hydroxylation is 1. The molecule has 2 amide bonds. The van der Waals surface area contributed by atoms with Gasteiger partial charge in [-0.3, -0.25) is 0 Å². The molecule has 4 nitrogen and oxygen atoms in total. The fraction of sp³-hybridized carbons (Fsp3) is 0.214. The molecule has 1 atom stereocenters. The third-order valence-corrected chi connectivity index (χ3v) is 3.36. The van der Waals surface area contributed by atoms with Crippen LogP contribution in [0, 0.1) is 6.92 Å². The molecule has 3 N–H and O–H groups in total. The van der Waals surface area contributed by atoms with Crippen LogP contribution in [-0.2, 0) is 0 Å². The zero-order valence-corrected chi connectivity index (χ0v) is 11.4. The highest BCUT2D eigenvalue weighted by Crippen LogP contribution is 2.15. The summed E-state index contributed by atoms with van der Waals surface area (Å²) in [6.45, 7) is 2.15. The largest absolute Gasteiger partial charge is 0.387 e. The Balaban J connectivity index is 1.82. The number of urea groups is 1. The summed E-state index contributed by atoms with van der Waals surface area (Å²) >= 11 is 1.52. The Hall–Kier alpha value is -1.85. The molecule has 100 valence electrons. The Labute approximate surface area is 116 Å². The number of amides is 2. The summed E-state index contributed by atoms with van der Waals surface area (Å²) in [5, 5.41) is 19.0. The van der Waals surface area contributed by atoms with Crippen molar-refractivity contribution >= 4 is 23.1 Å². The molecular formula is C14H16N2O2S. The van der Waals surface area contributed by atoms with Gasteiger partial charge in [-0.05, 0) is 47.0 Å². The van der Waals surface area contributed by atoms with Gasteiger partial charge in [-0.25, -0.2) is 4.79 Å². The van der Waals surface area contributed by atoms with Crippen LogP contribution in [0.4, 0.5) is 10.5 Å². The molecule has 19 heavy (non-hydrogen) atoms. The number of hydrogen-bond acceptors (Lipinski definition) is 3. The molecule has 1 aromatic carbocycles. The number of carbonyl (C=O) groups excluding carboxylic acids is 1. The third kappa shape index (κ3) is 4.08. The van der Waals surface area contributed by atoms with Crippen LogP contribution in [0.2, 0.25) is 0 Å². The predicted octanol–water partition coefficient (Wildman–Crippen LogP) is 2.91. The van der Waals surface area contributed by atoms with E-state index in [2.05, 4.69) is 10.6 Å². The molecule has 2 aromatic rings. The van der Waals surface area contributed by atoms with E-state index in [-0.39, 0.29) is 12.6 Å². The Morgan fingerprint density at radius 3 is 2.95 bits per heavy atom. The zero-order valence-electron chi connectivity index (χ0n) is 10.6. The Kier molecular flexibility index (Phi) is 4.54. The topological polar surface area (TPSA) is 61.4 Å². The first kappa shape index (κ1) is 13.6. The van der Waals surface area contributed by atoms with Crippen molar-refractivity contribution in [2.24, 2.45) is 0 Å². The number of nitrogens with one attached hydrogen (secondary N) is 2. The van der Waals surface area contributed by atoms with Crippen molar-refractivity contribution in [3.8, 4) is 0 Å². The van der Waals surface area contributed by atoms with Gasteiger partial charge in [-0.2, -0.15) is 11.3 Å². The fourth-order valence-electron chi connectivity index (χ4n) is 1.67. The van der Waals surface area contributed by atoms with E-state index in [0.717, 1.165) is 16.8 Å². The first-order valence-corrected chi connectivity index (χ1v) is 6.91. The summed E-state index contributed by atoms with van der Waals surface area (Å²) < 4.78 is 0.